The number of piperidine rings is 1. The predicted molar refractivity (Wildman–Crippen MR) is 133 cm³/mol. The van der Waals surface area contributed by atoms with Crippen molar-refractivity contribution in [2.24, 2.45) is 12.8 Å². The summed E-state index contributed by atoms with van der Waals surface area (Å²) in [5.41, 5.74) is 6.94. The number of rotatable bonds is 4. The molecule has 0 unspecified atom stereocenters. The van der Waals surface area contributed by atoms with Gasteiger partial charge in [-0.25, -0.2) is 13.8 Å². The molecule has 1 aromatic heterocycles. The van der Waals surface area contributed by atoms with Gasteiger partial charge in [0.15, 0.2) is 11.6 Å². The van der Waals surface area contributed by atoms with Gasteiger partial charge < -0.3 is 15.4 Å². The topological polar surface area (TPSA) is 77.7 Å². The van der Waals surface area contributed by atoms with E-state index in [1.54, 1.807) is 19.2 Å². The van der Waals surface area contributed by atoms with Crippen molar-refractivity contribution in [3.05, 3.63) is 68.8 Å². The van der Waals surface area contributed by atoms with Gasteiger partial charge in [-0.3, -0.25) is 9.36 Å². The maximum atomic E-state index is 14.8. The molecule has 2 N–H and O–H groups in total. The van der Waals surface area contributed by atoms with Crippen LogP contribution < -0.4 is 20.9 Å². The number of ether oxygens (including phenoxy) is 1. The van der Waals surface area contributed by atoms with Crippen LogP contribution in [0.25, 0.3) is 27.2 Å². The van der Waals surface area contributed by atoms with Gasteiger partial charge in [0.1, 0.15) is 11.4 Å². The fraction of sp³-hybridized carbons (Fsp3) is 0.346. The first-order valence-electron chi connectivity index (χ1n) is 11.3. The predicted octanol–water partition coefficient (Wildman–Crippen LogP) is 4.03. The standard InChI is InChI=1S/C26H28F2N5O2/c1-26(29)9-11-33(12-10-26)25-31-23(17-5-6-18(15-30-2)19(27)14-17)22(24(34)32(25)3)16-7-8-21(35-4)20(28)13-16/h5-8,13-14H,9-12,29H2,1-4H3/q+1. The second kappa shape index (κ2) is 9.47. The first kappa shape index (κ1) is 24.4. The van der Waals surface area contributed by atoms with Gasteiger partial charge in [0.2, 0.25) is 5.95 Å². The van der Waals surface area contributed by atoms with Crippen LogP contribution in [-0.4, -0.2) is 42.3 Å². The number of aromatic nitrogens is 2. The van der Waals surface area contributed by atoms with Crippen molar-refractivity contribution < 1.29 is 13.5 Å². The van der Waals surface area contributed by atoms with Gasteiger partial charge in [0.25, 0.3) is 12.6 Å². The molecule has 0 spiro atoms. The highest BCUT2D eigenvalue weighted by Gasteiger charge is 2.29. The van der Waals surface area contributed by atoms with Crippen molar-refractivity contribution >= 4 is 5.95 Å². The molecule has 1 aliphatic heterocycles. The van der Waals surface area contributed by atoms with Gasteiger partial charge in [0.05, 0.1) is 18.4 Å². The second-order valence-electron chi connectivity index (χ2n) is 9.02. The zero-order valence-electron chi connectivity index (χ0n) is 20.2. The number of nitrogens with two attached hydrogens (primary N) is 1. The molecule has 9 heteroatoms. The van der Waals surface area contributed by atoms with Crippen LogP contribution in [0.15, 0.2) is 41.2 Å². The van der Waals surface area contributed by atoms with Crippen LogP contribution in [0, 0.1) is 17.7 Å². The van der Waals surface area contributed by atoms with E-state index < -0.39 is 11.6 Å². The van der Waals surface area contributed by atoms with E-state index in [0.717, 1.165) is 12.8 Å². The van der Waals surface area contributed by atoms with Crippen molar-refractivity contribution in [3.8, 4) is 34.2 Å². The van der Waals surface area contributed by atoms with Crippen LogP contribution in [0.3, 0.4) is 0 Å². The Kier molecular flexibility index (Phi) is 6.59. The monoisotopic (exact) mass is 480 g/mol. The fourth-order valence-electron chi connectivity index (χ4n) is 4.26. The molecule has 4 rings (SSSR count). The van der Waals surface area contributed by atoms with E-state index in [0.29, 0.717) is 30.2 Å². The summed E-state index contributed by atoms with van der Waals surface area (Å²) in [4.78, 5) is 24.2. The van der Waals surface area contributed by atoms with Gasteiger partial charge in [-0.05, 0) is 49.6 Å². The number of hydrogen-bond donors (Lipinski definition) is 1. The molecular weight excluding hydrogens is 452 g/mol. The molecule has 0 bridgehead atoms. The van der Waals surface area contributed by atoms with E-state index in [4.69, 9.17) is 15.5 Å². The average Bonchev–Trinajstić information content (AvgIpc) is 2.82. The Labute approximate surface area is 202 Å². The summed E-state index contributed by atoms with van der Waals surface area (Å²) in [6, 6.07) is 11.3. The molecule has 0 radical (unpaired) electrons. The summed E-state index contributed by atoms with van der Waals surface area (Å²) in [6.07, 6.45) is 1.47. The maximum absolute atomic E-state index is 14.8. The Bertz CT molecular complexity index is 1400. The van der Waals surface area contributed by atoms with Crippen molar-refractivity contribution in [2.45, 2.75) is 25.3 Å². The van der Waals surface area contributed by atoms with Gasteiger partial charge in [-0.15, -0.1) is 0 Å². The number of benzene rings is 2. The summed E-state index contributed by atoms with van der Waals surface area (Å²) < 4.78 is 35.9. The third-order valence-corrected chi connectivity index (χ3v) is 6.37. The van der Waals surface area contributed by atoms with Crippen molar-refractivity contribution in [3.63, 3.8) is 0 Å². The van der Waals surface area contributed by atoms with E-state index in [-0.39, 0.29) is 33.7 Å². The number of methoxy groups -OCH3 is 1. The molecule has 0 amide bonds. The van der Waals surface area contributed by atoms with Crippen LogP contribution >= 0.6 is 0 Å². The lowest BCUT2D eigenvalue weighted by Gasteiger charge is -2.38. The molecule has 7 nitrogen and oxygen atoms in total. The average molecular weight is 481 g/mol. The van der Waals surface area contributed by atoms with Crippen LogP contribution in [0.2, 0.25) is 0 Å². The minimum Gasteiger partial charge on any atom is -0.494 e. The van der Waals surface area contributed by atoms with Crippen LogP contribution in [0.5, 0.6) is 5.75 Å². The SMILES string of the molecule is C[N+]#Cc1ccc(-c2nc(N3CCC(C)(N)CC3)n(C)c(=O)c2-c2ccc(OC)c(F)c2)cc1F. The van der Waals surface area contributed by atoms with E-state index in [1.807, 2.05) is 11.8 Å². The molecule has 1 fully saturated rings. The third-order valence-electron chi connectivity index (χ3n) is 6.37. The fourth-order valence-corrected chi connectivity index (χ4v) is 4.26. The molecule has 1 saturated heterocycles. The zero-order valence-corrected chi connectivity index (χ0v) is 20.2. The van der Waals surface area contributed by atoms with E-state index in [9.17, 15) is 13.6 Å². The molecule has 2 heterocycles. The summed E-state index contributed by atoms with van der Waals surface area (Å²) in [6.45, 7) is 3.25. The lowest BCUT2D eigenvalue weighted by Crippen LogP contribution is -2.49. The zero-order chi connectivity index (χ0) is 25.3. The Morgan fingerprint density at radius 2 is 1.77 bits per heavy atom. The highest BCUT2D eigenvalue weighted by Crippen LogP contribution is 2.33. The molecule has 182 valence electrons. The summed E-state index contributed by atoms with van der Waals surface area (Å²) >= 11 is 0. The number of halogens is 2. The van der Waals surface area contributed by atoms with Gasteiger partial charge in [0, 0.05) is 31.2 Å². The van der Waals surface area contributed by atoms with Crippen LogP contribution in [0.1, 0.15) is 25.3 Å². The minimum atomic E-state index is -0.615. The Hall–Kier alpha value is -3.77. The molecule has 35 heavy (non-hydrogen) atoms. The van der Waals surface area contributed by atoms with Crippen molar-refractivity contribution in [1.82, 2.24) is 9.55 Å². The Morgan fingerprint density at radius 1 is 1.11 bits per heavy atom. The Balaban J connectivity index is 1.94. The summed E-state index contributed by atoms with van der Waals surface area (Å²) in [7, 11) is 4.50. The van der Waals surface area contributed by atoms with Crippen molar-refractivity contribution in [2.75, 3.05) is 32.1 Å². The molecule has 1 aliphatic rings. The quantitative estimate of drug-likeness (QED) is 0.610. The third kappa shape index (κ3) is 4.75. The largest absolute Gasteiger partial charge is 0.494 e. The highest BCUT2D eigenvalue weighted by molar-refractivity contribution is 5.81. The van der Waals surface area contributed by atoms with E-state index in [1.165, 1.54) is 43.0 Å². The van der Waals surface area contributed by atoms with Gasteiger partial charge in [-0.1, -0.05) is 17.0 Å². The van der Waals surface area contributed by atoms with Crippen LogP contribution in [0.4, 0.5) is 14.7 Å². The van der Waals surface area contributed by atoms with Gasteiger partial charge in [-0.2, -0.15) is 0 Å². The summed E-state index contributed by atoms with van der Waals surface area (Å²) in [5.74, 6) is -0.666. The summed E-state index contributed by atoms with van der Waals surface area (Å²) in [5, 5.41) is 0. The Morgan fingerprint density at radius 3 is 2.37 bits per heavy atom. The smallest absolute Gasteiger partial charge is 0.313 e. The van der Waals surface area contributed by atoms with E-state index >= 15 is 0 Å². The lowest BCUT2D eigenvalue weighted by molar-refractivity contribution is 0.360. The second-order valence-corrected chi connectivity index (χ2v) is 9.02. The van der Waals surface area contributed by atoms with Crippen molar-refractivity contribution in [1.29, 1.82) is 0 Å². The number of anilines is 1. The molecule has 0 aliphatic carbocycles. The molecular formula is C26H28F2N5O2+. The molecule has 2 aromatic carbocycles. The van der Waals surface area contributed by atoms with E-state index in [2.05, 4.69) is 10.9 Å². The first-order valence-corrected chi connectivity index (χ1v) is 11.3. The molecule has 0 atom stereocenters. The lowest BCUT2D eigenvalue weighted by atomic mass is 9.91. The van der Waals surface area contributed by atoms with Gasteiger partial charge >= 0.3 is 6.07 Å². The normalized spacial score (nSPS) is 14.9. The molecule has 0 saturated carbocycles. The number of hydrogen-bond acceptors (Lipinski definition) is 5. The maximum Gasteiger partial charge on any atom is 0.313 e. The minimum absolute atomic E-state index is 0.0552. The van der Waals surface area contributed by atoms with Crippen LogP contribution in [-0.2, 0) is 7.05 Å². The molecule has 3 aromatic rings. The number of nitrogens with zero attached hydrogens (tertiary/aromatic N) is 4. The highest BCUT2D eigenvalue weighted by atomic mass is 19.1. The first-order chi connectivity index (χ1) is 16.6.